The Morgan fingerprint density at radius 1 is 1.44 bits per heavy atom. The largest absolute Gasteiger partial charge is 0.293 e. The molecule has 0 saturated heterocycles. The van der Waals surface area contributed by atoms with Crippen LogP contribution in [0.15, 0.2) is 24.4 Å². The van der Waals surface area contributed by atoms with Crippen LogP contribution in [-0.2, 0) is 0 Å². The van der Waals surface area contributed by atoms with Crippen LogP contribution in [0.25, 0.3) is 5.82 Å². The third-order valence-corrected chi connectivity index (χ3v) is 2.54. The van der Waals surface area contributed by atoms with Gasteiger partial charge >= 0.3 is 0 Å². The van der Waals surface area contributed by atoms with E-state index in [2.05, 4.69) is 10.1 Å². The van der Waals surface area contributed by atoms with E-state index in [4.69, 9.17) is 11.6 Å². The summed E-state index contributed by atoms with van der Waals surface area (Å²) in [5.41, 5.74) is 1.15. The molecule has 0 fully saturated rings. The minimum Gasteiger partial charge on any atom is -0.293 e. The molecule has 0 atom stereocenters. The number of Topliss-reactive ketones (excluding diaryl/α,β-unsaturated/α-hetero) is 1. The summed E-state index contributed by atoms with van der Waals surface area (Å²) in [5, 5.41) is 4.77. The van der Waals surface area contributed by atoms with Crippen LogP contribution in [0.1, 0.15) is 23.1 Å². The first-order valence-electron chi connectivity index (χ1n) is 4.78. The SMILES string of the molecule is CC(=O)c1cccc(-n2cc(Cl)c(C)n2)n1. The maximum atomic E-state index is 11.2. The van der Waals surface area contributed by atoms with Crippen LogP contribution in [0, 0.1) is 6.92 Å². The molecular formula is C11H10ClN3O. The molecule has 5 heteroatoms. The number of pyridine rings is 1. The van der Waals surface area contributed by atoms with Gasteiger partial charge in [0.05, 0.1) is 16.9 Å². The molecule has 2 rings (SSSR count). The fraction of sp³-hybridized carbons (Fsp3) is 0.182. The van der Waals surface area contributed by atoms with Crippen LogP contribution in [0.2, 0.25) is 5.02 Å². The Morgan fingerprint density at radius 2 is 2.19 bits per heavy atom. The van der Waals surface area contributed by atoms with Crippen molar-refractivity contribution in [2.45, 2.75) is 13.8 Å². The zero-order chi connectivity index (χ0) is 11.7. The lowest BCUT2D eigenvalue weighted by Crippen LogP contribution is -2.03. The predicted octanol–water partition coefficient (Wildman–Crippen LogP) is 2.43. The number of carbonyl (C=O) groups is 1. The number of aromatic nitrogens is 3. The fourth-order valence-electron chi connectivity index (χ4n) is 1.30. The van der Waals surface area contributed by atoms with Gasteiger partial charge in [0.2, 0.25) is 0 Å². The number of rotatable bonds is 2. The lowest BCUT2D eigenvalue weighted by molar-refractivity contribution is 0.101. The van der Waals surface area contributed by atoms with Crippen LogP contribution in [0.5, 0.6) is 0 Å². The van der Waals surface area contributed by atoms with Gasteiger partial charge < -0.3 is 0 Å². The number of aryl methyl sites for hydroxylation is 1. The highest BCUT2D eigenvalue weighted by molar-refractivity contribution is 6.31. The Labute approximate surface area is 97.9 Å². The molecule has 0 saturated carbocycles. The smallest absolute Gasteiger partial charge is 0.178 e. The first kappa shape index (κ1) is 10.8. The Hall–Kier alpha value is -1.68. The van der Waals surface area contributed by atoms with Gasteiger partial charge in [-0.2, -0.15) is 5.10 Å². The summed E-state index contributed by atoms with van der Waals surface area (Å²) < 4.78 is 1.56. The molecule has 4 nitrogen and oxygen atoms in total. The summed E-state index contributed by atoms with van der Waals surface area (Å²) in [6.07, 6.45) is 1.67. The molecule has 0 aromatic carbocycles. The van der Waals surface area contributed by atoms with Crippen LogP contribution in [-0.4, -0.2) is 20.5 Å². The number of nitrogens with zero attached hydrogens (tertiary/aromatic N) is 3. The second kappa shape index (κ2) is 4.06. The first-order valence-corrected chi connectivity index (χ1v) is 5.16. The molecule has 0 unspecified atom stereocenters. The Bertz CT molecular complexity index is 528. The fourth-order valence-corrected chi connectivity index (χ4v) is 1.43. The number of carbonyl (C=O) groups excluding carboxylic acids is 1. The Morgan fingerprint density at radius 3 is 2.75 bits per heavy atom. The van der Waals surface area contributed by atoms with Crippen molar-refractivity contribution in [3.8, 4) is 5.82 Å². The molecule has 0 aliphatic rings. The minimum absolute atomic E-state index is 0.0724. The van der Waals surface area contributed by atoms with Gasteiger partial charge in [-0.3, -0.25) is 4.79 Å². The van der Waals surface area contributed by atoms with Gasteiger partial charge in [-0.15, -0.1) is 0 Å². The van der Waals surface area contributed by atoms with Crippen molar-refractivity contribution >= 4 is 17.4 Å². The highest BCUT2D eigenvalue weighted by atomic mass is 35.5. The van der Waals surface area contributed by atoms with E-state index in [1.807, 2.05) is 6.92 Å². The average molecular weight is 236 g/mol. The monoisotopic (exact) mass is 235 g/mol. The third-order valence-electron chi connectivity index (χ3n) is 2.17. The van der Waals surface area contributed by atoms with Gasteiger partial charge in [-0.1, -0.05) is 17.7 Å². The summed E-state index contributed by atoms with van der Waals surface area (Å²) in [6.45, 7) is 3.29. The molecule has 82 valence electrons. The zero-order valence-corrected chi connectivity index (χ0v) is 9.69. The van der Waals surface area contributed by atoms with Crippen LogP contribution >= 0.6 is 11.6 Å². The molecule has 0 N–H and O–H groups in total. The number of ketones is 1. The van der Waals surface area contributed by atoms with Crippen LogP contribution in [0.4, 0.5) is 0 Å². The second-order valence-electron chi connectivity index (χ2n) is 3.44. The van der Waals surface area contributed by atoms with E-state index >= 15 is 0 Å². The van der Waals surface area contributed by atoms with Crippen molar-refractivity contribution in [1.82, 2.24) is 14.8 Å². The highest BCUT2D eigenvalue weighted by Gasteiger charge is 2.07. The van der Waals surface area contributed by atoms with Crippen molar-refractivity contribution in [3.63, 3.8) is 0 Å². The van der Waals surface area contributed by atoms with Crippen molar-refractivity contribution in [3.05, 3.63) is 40.8 Å². The summed E-state index contributed by atoms with van der Waals surface area (Å²) in [7, 11) is 0. The third kappa shape index (κ3) is 1.97. The predicted molar refractivity (Wildman–Crippen MR) is 61.1 cm³/mol. The number of hydrogen-bond donors (Lipinski definition) is 0. The molecule has 0 spiro atoms. The number of halogens is 1. The molecule has 0 aliphatic heterocycles. The maximum absolute atomic E-state index is 11.2. The molecular weight excluding hydrogens is 226 g/mol. The lowest BCUT2D eigenvalue weighted by atomic mass is 10.3. The van der Waals surface area contributed by atoms with E-state index < -0.39 is 0 Å². The molecule has 0 radical (unpaired) electrons. The molecule has 2 heterocycles. The molecule has 0 amide bonds. The molecule has 16 heavy (non-hydrogen) atoms. The van der Waals surface area contributed by atoms with Gasteiger partial charge in [-0.25, -0.2) is 9.67 Å². The van der Waals surface area contributed by atoms with Gasteiger partial charge in [-0.05, 0) is 19.1 Å². The Balaban J connectivity index is 2.48. The van der Waals surface area contributed by atoms with E-state index in [-0.39, 0.29) is 5.78 Å². The zero-order valence-electron chi connectivity index (χ0n) is 8.94. The van der Waals surface area contributed by atoms with Gasteiger partial charge in [0.15, 0.2) is 11.6 Å². The van der Waals surface area contributed by atoms with Gasteiger partial charge in [0, 0.05) is 6.92 Å². The van der Waals surface area contributed by atoms with E-state index in [0.29, 0.717) is 16.5 Å². The number of hydrogen-bond acceptors (Lipinski definition) is 3. The highest BCUT2D eigenvalue weighted by Crippen LogP contribution is 2.15. The summed E-state index contributed by atoms with van der Waals surface area (Å²) in [4.78, 5) is 15.4. The van der Waals surface area contributed by atoms with Crippen molar-refractivity contribution in [2.24, 2.45) is 0 Å². The van der Waals surface area contributed by atoms with Crippen molar-refractivity contribution in [2.75, 3.05) is 0 Å². The maximum Gasteiger partial charge on any atom is 0.178 e. The average Bonchev–Trinajstić information content (AvgIpc) is 2.59. The Kier molecular flexibility index (Phi) is 2.75. The van der Waals surface area contributed by atoms with Crippen LogP contribution < -0.4 is 0 Å². The summed E-state index contributed by atoms with van der Waals surface area (Å²) in [6, 6.07) is 5.21. The topological polar surface area (TPSA) is 47.8 Å². The van der Waals surface area contributed by atoms with Gasteiger partial charge in [0.1, 0.15) is 5.69 Å². The molecule has 0 aliphatic carbocycles. The molecule has 0 bridgehead atoms. The van der Waals surface area contributed by atoms with Crippen LogP contribution in [0.3, 0.4) is 0 Å². The van der Waals surface area contributed by atoms with E-state index in [9.17, 15) is 4.79 Å². The normalized spacial score (nSPS) is 10.4. The summed E-state index contributed by atoms with van der Waals surface area (Å²) >= 11 is 5.90. The second-order valence-corrected chi connectivity index (χ2v) is 3.85. The van der Waals surface area contributed by atoms with E-state index in [1.54, 1.807) is 29.1 Å². The standard InChI is InChI=1S/C11H10ClN3O/c1-7-9(12)6-15(14-7)11-5-3-4-10(13-11)8(2)16/h3-6H,1-2H3. The molecule has 2 aromatic heterocycles. The van der Waals surface area contributed by atoms with Crippen molar-refractivity contribution in [1.29, 1.82) is 0 Å². The summed E-state index contributed by atoms with van der Waals surface area (Å²) in [5.74, 6) is 0.513. The van der Waals surface area contributed by atoms with E-state index in [1.165, 1.54) is 6.92 Å². The van der Waals surface area contributed by atoms with E-state index in [0.717, 1.165) is 5.69 Å². The quantitative estimate of drug-likeness (QED) is 0.751. The molecule has 2 aromatic rings. The van der Waals surface area contributed by atoms with Gasteiger partial charge in [0.25, 0.3) is 0 Å². The minimum atomic E-state index is -0.0724. The van der Waals surface area contributed by atoms with Crippen molar-refractivity contribution < 1.29 is 4.79 Å². The lowest BCUT2D eigenvalue weighted by Gasteiger charge is -2.01. The first-order chi connectivity index (χ1) is 7.58.